The molecule has 0 saturated heterocycles. The molecule has 0 fully saturated rings. The van der Waals surface area contributed by atoms with E-state index in [2.05, 4.69) is 29.9 Å². The van der Waals surface area contributed by atoms with Crippen molar-refractivity contribution in [1.82, 2.24) is 10.3 Å². The Bertz CT molecular complexity index is 322. The number of carbonyl (C=O) groups is 2. The zero-order valence-electron chi connectivity index (χ0n) is 13.2. The molecule has 0 spiro atoms. The normalized spacial score (nSPS) is 13.8. The fourth-order valence-corrected chi connectivity index (χ4v) is 3.76. The molecule has 0 aliphatic rings. The molecule has 1 amide bonds. The van der Waals surface area contributed by atoms with E-state index in [9.17, 15) is 9.59 Å². The van der Waals surface area contributed by atoms with Gasteiger partial charge >= 0.3 is 0 Å². The van der Waals surface area contributed by atoms with Gasteiger partial charge in [-0.05, 0) is 26.6 Å². The molecule has 0 aromatic carbocycles. The lowest BCUT2D eigenvalue weighted by Gasteiger charge is -2.23. The van der Waals surface area contributed by atoms with Gasteiger partial charge in [0, 0.05) is 6.54 Å². The smallest absolute Gasteiger partial charge is 0.294 e. The molecule has 5 nitrogen and oxygen atoms in total. The van der Waals surface area contributed by atoms with Crippen molar-refractivity contribution in [2.75, 3.05) is 6.54 Å². The number of hydrogen-bond acceptors (Lipinski definition) is 4. The van der Waals surface area contributed by atoms with Gasteiger partial charge in [-0.15, -0.1) is 0 Å². The summed E-state index contributed by atoms with van der Waals surface area (Å²) in [6, 6.07) is -0.223. The van der Waals surface area contributed by atoms with Crippen molar-refractivity contribution >= 4 is 28.4 Å². The van der Waals surface area contributed by atoms with Gasteiger partial charge in [-0.1, -0.05) is 19.6 Å². The van der Waals surface area contributed by atoms with Crippen LogP contribution >= 0.6 is 0 Å². The Morgan fingerprint density at radius 2 is 1.63 bits per heavy atom. The maximum Gasteiger partial charge on any atom is 0.294 e. The van der Waals surface area contributed by atoms with Gasteiger partial charge in [0.05, 0.1) is 12.5 Å². The number of nitrogens with one attached hydrogen (secondary N) is 2. The highest BCUT2D eigenvalue weighted by atomic mass is 28.4. The Kier molecular flexibility index (Phi) is 6.95. The summed E-state index contributed by atoms with van der Waals surface area (Å²) in [7, 11) is -3.29. The van der Waals surface area contributed by atoms with Gasteiger partial charge in [-0.25, -0.2) is 0 Å². The average Bonchev–Trinajstić information content (AvgIpc) is 2.11. The molecule has 0 aromatic heterocycles. The molecule has 0 aliphatic heterocycles. The number of amides is 1. The third-order valence-corrected chi connectivity index (χ3v) is 4.23. The van der Waals surface area contributed by atoms with Crippen LogP contribution < -0.4 is 10.3 Å². The first kappa shape index (κ1) is 18.3. The fourth-order valence-electron chi connectivity index (χ4n) is 1.55. The maximum absolute atomic E-state index is 11.8. The Balaban J connectivity index is 3.95. The molecule has 0 aromatic rings. The SMILES string of the molecule is CC(N[Si](C)(C)C)C(=O)NCCC(=O)O[Si](C)(C)C. The van der Waals surface area contributed by atoms with Crippen LogP contribution in [0.3, 0.4) is 0 Å². The van der Waals surface area contributed by atoms with E-state index in [0.717, 1.165) is 0 Å². The largest absolute Gasteiger partial charge is 0.520 e. The van der Waals surface area contributed by atoms with Crippen LogP contribution in [-0.2, 0) is 14.0 Å². The highest BCUT2D eigenvalue weighted by Gasteiger charge is 2.22. The number of rotatable bonds is 7. The molecule has 19 heavy (non-hydrogen) atoms. The third kappa shape index (κ3) is 10.9. The van der Waals surface area contributed by atoms with E-state index in [1.54, 1.807) is 0 Å². The van der Waals surface area contributed by atoms with Crippen LogP contribution in [0.2, 0.25) is 39.3 Å². The van der Waals surface area contributed by atoms with Crippen molar-refractivity contribution in [2.24, 2.45) is 0 Å². The summed E-state index contributed by atoms with van der Waals surface area (Å²) < 4.78 is 5.30. The second-order valence-corrected chi connectivity index (χ2v) is 16.0. The highest BCUT2D eigenvalue weighted by Crippen LogP contribution is 2.04. The molecule has 1 unspecified atom stereocenters. The van der Waals surface area contributed by atoms with Gasteiger partial charge in [0.15, 0.2) is 0 Å². The maximum atomic E-state index is 11.8. The van der Waals surface area contributed by atoms with Gasteiger partial charge in [-0.2, -0.15) is 0 Å². The van der Waals surface area contributed by atoms with E-state index in [1.807, 2.05) is 26.6 Å². The van der Waals surface area contributed by atoms with Crippen molar-refractivity contribution in [2.45, 2.75) is 58.7 Å². The van der Waals surface area contributed by atoms with Gasteiger partial charge < -0.3 is 14.7 Å². The standard InChI is InChI=1S/C12H28N2O3Si2/c1-10(14-18(2,3)4)12(16)13-9-8-11(15)17-19(5,6)7/h10,14H,8-9H2,1-7H3,(H,13,16). The summed E-state index contributed by atoms with van der Waals surface area (Å²) in [5, 5.41) is 2.76. The minimum absolute atomic E-state index is 0.0665. The van der Waals surface area contributed by atoms with Crippen molar-refractivity contribution in [3.63, 3.8) is 0 Å². The highest BCUT2D eigenvalue weighted by molar-refractivity contribution is 6.73. The minimum atomic E-state index is -1.82. The van der Waals surface area contributed by atoms with E-state index in [-0.39, 0.29) is 24.3 Å². The summed E-state index contributed by atoms with van der Waals surface area (Å²) >= 11 is 0. The summed E-state index contributed by atoms with van der Waals surface area (Å²) in [5.41, 5.74) is 0. The lowest BCUT2D eigenvalue weighted by molar-refractivity contribution is -0.135. The fraction of sp³-hybridized carbons (Fsp3) is 0.833. The first-order valence-corrected chi connectivity index (χ1v) is 13.6. The lowest BCUT2D eigenvalue weighted by atomic mass is 10.3. The Morgan fingerprint density at radius 1 is 1.11 bits per heavy atom. The number of hydrogen-bond donors (Lipinski definition) is 2. The van der Waals surface area contributed by atoms with Gasteiger partial charge in [0.2, 0.25) is 14.2 Å². The molecule has 7 heteroatoms. The molecular formula is C12H28N2O3Si2. The summed E-state index contributed by atoms with van der Waals surface area (Å²) in [5.74, 6) is -0.298. The monoisotopic (exact) mass is 304 g/mol. The summed E-state index contributed by atoms with van der Waals surface area (Å²) in [4.78, 5) is 26.6. The average molecular weight is 305 g/mol. The molecular weight excluding hydrogens is 276 g/mol. The number of carbonyl (C=O) groups excluding carboxylic acids is 2. The van der Waals surface area contributed by atoms with Gasteiger partial charge in [-0.3, -0.25) is 9.59 Å². The minimum Gasteiger partial charge on any atom is -0.520 e. The van der Waals surface area contributed by atoms with Crippen LogP contribution in [0.15, 0.2) is 0 Å². The molecule has 0 heterocycles. The van der Waals surface area contributed by atoms with Crippen LogP contribution in [0.5, 0.6) is 0 Å². The zero-order chi connectivity index (χ0) is 15.3. The van der Waals surface area contributed by atoms with Gasteiger partial charge in [0.1, 0.15) is 8.24 Å². The molecule has 1 atom stereocenters. The van der Waals surface area contributed by atoms with Crippen molar-refractivity contribution in [3.05, 3.63) is 0 Å². The van der Waals surface area contributed by atoms with Crippen LogP contribution in [-0.4, -0.2) is 41.0 Å². The van der Waals surface area contributed by atoms with Crippen molar-refractivity contribution in [1.29, 1.82) is 0 Å². The van der Waals surface area contributed by atoms with Gasteiger partial charge in [0.25, 0.3) is 5.97 Å². The predicted octanol–water partition coefficient (Wildman–Crippen LogP) is 1.68. The zero-order valence-corrected chi connectivity index (χ0v) is 15.2. The second-order valence-electron chi connectivity index (χ2n) is 6.74. The molecule has 0 bridgehead atoms. The first-order valence-electron chi connectivity index (χ1n) is 6.68. The Morgan fingerprint density at radius 3 is 2.05 bits per heavy atom. The first-order chi connectivity index (χ1) is 8.41. The Labute approximate surface area is 118 Å². The van der Waals surface area contributed by atoms with Crippen molar-refractivity contribution < 1.29 is 14.0 Å². The lowest BCUT2D eigenvalue weighted by Crippen LogP contribution is -2.53. The summed E-state index contributed by atoms with van der Waals surface area (Å²) in [6.45, 7) is 14.5. The van der Waals surface area contributed by atoms with Crippen LogP contribution in [0, 0.1) is 0 Å². The second kappa shape index (κ2) is 7.21. The van der Waals surface area contributed by atoms with Crippen LogP contribution in [0.1, 0.15) is 13.3 Å². The van der Waals surface area contributed by atoms with E-state index in [4.69, 9.17) is 4.43 Å². The van der Waals surface area contributed by atoms with E-state index >= 15 is 0 Å². The Hall–Kier alpha value is -0.666. The quantitative estimate of drug-likeness (QED) is 0.702. The van der Waals surface area contributed by atoms with Crippen LogP contribution in [0.4, 0.5) is 0 Å². The molecule has 0 rings (SSSR count). The third-order valence-electron chi connectivity index (χ3n) is 2.09. The van der Waals surface area contributed by atoms with E-state index in [0.29, 0.717) is 6.54 Å². The van der Waals surface area contributed by atoms with E-state index in [1.165, 1.54) is 0 Å². The molecule has 2 N–H and O–H groups in total. The molecule has 0 saturated carbocycles. The summed E-state index contributed by atoms with van der Waals surface area (Å²) in [6.07, 6.45) is 0.232. The molecule has 112 valence electrons. The topological polar surface area (TPSA) is 67.4 Å². The van der Waals surface area contributed by atoms with Crippen molar-refractivity contribution in [3.8, 4) is 0 Å². The van der Waals surface area contributed by atoms with E-state index < -0.39 is 16.6 Å². The van der Waals surface area contributed by atoms with Crippen LogP contribution in [0.25, 0.3) is 0 Å². The molecule has 0 radical (unpaired) electrons. The molecule has 0 aliphatic carbocycles. The predicted molar refractivity (Wildman–Crippen MR) is 83.0 cm³/mol.